The number of carboxylic acid groups (broad SMARTS) is 6. The van der Waals surface area contributed by atoms with Crippen molar-refractivity contribution >= 4 is 41.8 Å². The largest absolute Gasteiger partial charge is 0.481 e. The number of hydrogen-bond donors (Lipinski definition) is 7. The molecule has 15 nitrogen and oxygen atoms in total. The van der Waals surface area contributed by atoms with E-state index in [0.29, 0.717) is 19.4 Å². The molecule has 0 aromatic heterocycles. The first-order valence-corrected chi connectivity index (χ1v) is 8.64. The molecular weight excluding hydrogens is 456 g/mol. The van der Waals surface area contributed by atoms with E-state index in [2.05, 4.69) is 4.74 Å². The van der Waals surface area contributed by atoms with Gasteiger partial charge in [-0.25, -0.2) is 0 Å². The van der Waals surface area contributed by atoms with E-state index in [1.165, 1.54) is 0 Å². The van der Waals surface area contributed by atoms with Crippen LogP contribution in [0.15, 0.2) is 0 Å². The lowest BCUT2D eigenvalue weighted by molar-refractivity contribution is -0.143. The van der Waals surface area contributed by atoms with Crippen LogP contribution in [-0.4, -0.2) is 90.7 Å². The van der Waals surface area contributed by atoms with Crippen LogP contribution < -0.4 is 0 Å². The first-order chi connectivity index (χ1) is 14.7. The molecule has 0 saturated heterocycles. The molecule has 15 heteroatoms. The molecule has 0 rings (SSSR count). The fourth-order valence-electron chi connectivity index (χ4n) is 0.457. The van der Waals surface area contributed by atoms with Gasteiger partial charge in [-0.1, -0.05) is 0 Å². The first-order valence-electron chi connectivity index (χ1n) is 8.64. The van der Waals surface area contributed by atoms with Gasteiger partial charge in [0.15, 0.2) is 0 Å². The summed E-state index contributed by atoms with van der Waals surface area (Å²) < 4.78 is 4.59. The Kier molecular flexibility index (Phi) is 60.5. The second kappa shape index (κ2) is 42.4. The Labute approximate surface area is 191 Å². The van der Waals surface area contributed by atoms with E-state index in [1.54, 1.807) is 6.92 Å². The highest BCUT2D eigenvalue weighted by atomic mass is 16.5. The second-order valence-electron chi connectivity index (χ2n) is 4.75. The molecule has 0 bridgehead atoms. The molecule has 0 saturated carbocycles. The van der Waals surface area contributed by atoms with Crippen molar-refractivity contribution in [1.82, 2.24) is 0 Å². The van der Waals surface area contributed by atoms with E-state index >= 15 is 0 Å². The van der Waals surface area contributed by atoms with Gasteiger partial charge in [0.1, 0.15) is 0 Å². The number of rotatable bonds is 4. The number of carboxylic acids is 6. The fraction of sp³-hybridized carbons (Fsp3) is 0.611. The maximum absolute atomic E-state index is 10.5. The van der Waals surface area contributed by atoms with Crippen LogP contribution in [0.4, 0.5) is 0 Å². The summed E-state index contributed by atoms with van der Waals surface area (Å²) in [6.45, 7) is 8.74. The third-order valence-electron chi connectivity index (χ3n) is 0.844. The predicted molar refractivity (Wildman–Crippen MR) is 113 cm³/mol. The molecule has 33 heavy (non-hydrogen) atoms. The highest BCUT2D eigenvalue weighted by Crippen LogP contribution is 1.90. The van der Waals surface area contributed by atoms with Gasteiger partial charge in [0.25, 0.3) is 35.8 Å². The normalized spacial score (nSPS) is 7.03. The Morgan fingerprint density at radius 3 is 0.848 bits per heavy atom. The average Bonchev–Trinajstić information content (AvgIpc) is 2.50. The van der Waals surface area contributed by atoms with Crippen molar-refractivity contribution in [3.63, 3.8) is 0 Å². The van der Waals surface area contributed by atoms with Gasteiger partial charge in [-0.05, 0) is 13.3 Å². The zero-order valence-electron chi connectivity index (χ0n) is 19.7. The van der Waals surface area contributed by atoms with Gasteiger partial charge in [-0.15, -0.1) is 0 Å². The number of esters is 1. The number of carbonyl (C=O) groups is 7. The molecule has 0 aliphatic heterocycles. The summed E-state index contributed by atoms with van der Waals surface area (Å²) in [6, 6.07) is 0. The van der Waals surface area contributed by atoms with Crippen molar-refractivity contribution in [2.24, 2.45) is 0 Å². The van der Waals surface area contributed by atoms with Crippen LogP contribution in [0.1, 0.15) is 61.3 Å². The van der Waals surface area contributed by atoms with E-state index in [9.17, 15) is 4.79 Å². The maximum atomic E-state index is 10.5. The van der Waals surface area contributed by atoms with Crippen molar-refractivity contribution in [2.45, 2.75) is 61.3 Å². The minimum Gasteiger partial charge on any atom is -0.481 e. The van der Waals surface area contributed by atoms with Crippen molar-refractivity contribution in [3.8, 4) is 0 Å². The Bertz CT molecular complexity index is 410. The lowest BCUT2D eigenvalue weighted by Crippen LogP contribution is -2.03. The van der Waals surface area contributed by atoms with Gasteiger partial charge in [0, 0.05) is 54.6 Å². The number of aliphatic hydroxyl groups is 1. The van der Waals surface area contributed by atoms with Crippen LogP contribution in [0.25, 0.3) is 0 Å². The summed E-state index contributed by atoms with van der Waals surface area (Å²) in [7, 11) is 0. The van der Waals surface area contributed by atoms with Crippen LogP contribution in [0.5, 0.6) is 0 Å². The summed E-state index contributed by atoms with van der Waals surface area (Å²) in [5.74, 6) is -5.23. The van der Waals surface area contributed by atoms with E-state index in [0.717, 1.165) is 41.5 Å². The van der Waals surface area contributed by atoms with Crippen LogP contribution in [0.3, 0.4) is 0 Å². The molecule has 198 valence electrons. The van der Waals surface area contributed by atoms with Crippen molar-refractivity contribution in [2.75, 3.05) is 13.2 Å². The van der Waals surface area contributed by atoms with Gasteiger partial charge in [0.05, 0.1) is 6.61 Å². The molecule has 0 aliphatic rings. The molecular formula is C18H36O15. The zero-order chi connectivity index (χ0) is 28.6. The number of ether oxygens (including phenoxy) is 1. The summed E-state index contributed by atoms with van der Waals surface area (Å²) in [5.41, 5.74) is 0. The Hall–Kier alpha value is -3.75. The van der Waals surface area contributed by atoms with Gasteiger partial charge in [-0.2, -0.15) is 0 Å². The number of hydrogen-bond acceptors (Lipinski definition) is 9. The Morgan fingerprint density at radius 2 is 0.727 bits per heavy atom. The summed E-state index contributed by atoms with van der Waals surface area (Å²) >= 11 is 0. The van der Waals surface area contributed by atoms with Gasteiger partial charge in [0.2, 0.25) is 0 Å². The highest BCUT2D eigenvalue weighted by molar-refractivity contribution is 5.69. The maximum Gasteiger partial charge on any atom is 0.305 e. The van der Waals surface area contributed by atoms with Gasteiger partial charge >= 0.3 is 5.97 Å². The number of aliphatic carboxylic acids is 6. The van der Waals surface area contributed by atoms with Crippen LogP contribution >= 0.6 is 0 Å². The van der Waals surface area contributed by atoms with Crippen LogP contribution in [-0.2, 0) is 38.3 Å². The topological polar surface area (TPSA) is 270 Å². The number of aliphatic hydroxyl groups excluding tert-OH is 1. The molecule has 7 N–H and O–H groups in total. The Morgan fingerprint density at radius 1 is 0.545 bits per heavy atom. The van der Waals surface area contributed by atoms with Crippen LogP contribution in [0.2, 0.25) is 0 Å². The monoisotopic (exact) mass is 492 g/mol. The van der Waals surface area contributed by atoms with E-state index in [1.807, 2.05) is 0 Å². The predicted octanol–water partition coefficient (Wildman–Crippen LogP) is 0.867. The summed E-state index contributed by atoms with van der Waals surface area (Å²) in [4.78, 5) is 64.5. The molecule has 0 fully saturated rings. The molecule has 0 heterocycles. The molecule has 0 amide bonds. The lowest BCUT2D eigenvalue weighted by atomic mass is 10.3. The first kappa shape index (κ1) is 47.2. The molecule has 0 atom stereocenters. The SMILES string of the molecule is CC(=O)O.CC(=O)O.CC(=O)O.CC(=O)O.CC(=O)O.CC(=O)O.CCOC(=O)CCCO. The molecule has 0 aromatic rings. The van der Waals surface area contributed by atoms with Crippen molar-refractivity contribution < 1.29 is 74.0 Å². The van der Waals surface area contributed by atoms with Gasteiger partial charge < -0.3 is 40.5 Å². The molecule has 0 spiro atoms. The number of carbonyl (C=O) groups excluding carboxylic acids is 1. The molecule has 0 radical (unpaired) electrons. The quantitative estimate of drug-likeness (QED) is 0.268. The van der Waals surface area contributed by atoms with E-state index < -0.39 is 35.8 Å². The lowest BCUT2D eigenvalue weighted by Gasteiger charge is -1.97. The molecule has 0 aromatic carbocycles. The minimum absolute atomic E-state index is 0.0544. The van der Waals surface area contributed by atoms with E-state index in [4.69, 9.17) is 64.5 Å². The summed E-state index contributed by atoms with van der Waals surface area (Å²) in [5, 5.41) is 52.8. The average molecular weight is 492 g/mol. The molecule has 0 aliphatic carbocycles. The third kappa shape index (κ3) is 1840. The van der Waals surface area contributed by atoms with Crippen molar-refractivity contribution in [3.05, 3.63) is 0 Å². The minimum atomic E-state index is -0.833. The zero-order valence-corrected chi connectivity index (χ0v) is 19.7. The summed E-state index contributed by atoms with van der Waals surface area (Å²) in [6.07, 6.45) is 0.823. The Balaban J connectivity index is -0.0000000496. The third-order valence-corrected chi connectivity index (χ3v) is 0.844. The van der Waals surface area contributed by atoms with E-state index in [-0.39, 0.29) is 12.6 Å². The van der Waals surface area contributed by atoms with Gasteiger partial charge in [-0.3, -0.25) is 33.6 Å². The smallest absolute Gasteiger partial charge is 0.305 e. The van der Waals surface area contributed by atoms with Crippen LogP contribution in [0, 0.1) is 0 Å². The highest BCUT2D eigenvalue weighted by Gasteiger charge is 1.98. The molecule has 0 unspecified atom stereocenters. The fourth-order valence-corrected chi connectivity index (χ4v) is 0.457. The van der Waals surface area contributed by atoms with Crippen molar-refractivity contribution in [1.29, 1.82) is 0 Å². The second-order valence-corrected chi connectivity index (χ2v) is 4.75. The standard InChI is InChI=1S/C6H12O3.6C2H4O2/c1-2-9-6(8)4-3-5-7;6*1-2(3)4/h7H,2-5H2,1H3;6*1H3,(H,3,4).